The summed E-state index contributed by atoms with van der Waals surface area (Å²) in [7, 11) is 0. The molecule has 0 bridgehead atoms. The maximum absolute atomic E-state index is 6.38. The summed E-state index contributed by atoms with van der Waals surface area (Å²) in [6, 6.07) is 16.5. The number of halogens is 1. The molecular formula is C17H17ClO. The summed E-state index contributed by atoms with van der Waals surface area (Å²) in [6.07, 6.45) is 3.28. The summed E-state index contributed by atoms with van der Waals surface area (Å²) in [5.74, 6) is 0.992. The van der Waals surface area contributed by atoms with Crippen LogP contribution in [0, 0.1) is 0 Å². The number of alkyl halides is 1. The van der Waals surface area contributed by atoms with Gasteiger partial charge in [0.15, 0.2) is 0 Å². The molecule has 2 aromatic rings. The number of ether oxygens (including phenoxy) is 1. The molecule has 0 heterocycles. The molecule has 1 aliphatic carbocycles. The van der Waals surface area contributed by atoms with Crippen LogP contribution in [0.15, 0.2) is 48.5 Å². The van der Waals surface area contributed by atoms with E-state index in [9.17, 15) is 0 Å². The molecule has 0 saturated heterocycles. The largest absolute Gasteiger partial charge is 0.489 e. The number of hydrogen-bond donors (Lipinski definition) is 0. The van der Waals surface area contributed by atoms with Crippen molar-refractivity contribution in [3.05, 3.63) is 65.2 Å². The smallest absolute Gasteiger partial charge is 0.123 e. The Hall–Kier alpha value is -1.47. The quantitative estimate of drug-likeness (QED) is 0.724. The van der Waals surface area contributed by atoms with E-state index >= 15 is 0 Å². The number of benzene rings is 2. The molecule has 3 rings (SSSR count). The third-order valence-corrected chi connectivity index (χ3v) is 4.08. The lowest BCUT2D eigenvalue weighted by Crippen LogP contribution is -2.08. The van der Waals surface area contributed by atoms with Crippen molar-refractivity contribution < 1.29 is 4.74 Å². The van der Waals surface area contributed by atoms with Crippen LogP contribution in [0.3, 0.4) is 0 Å². The van der Waals surface area contributed by atoms with E-state index in [4.69, 9.17) is 16.3 Å². The van der Waals surface area contributed by atoms with E-state index in [1.165, 1.54) is 16.7 Å². The van der Waals surface area contributed by atoms with Crippen molar-refractivity contribution in [3.8, 4) is 5.75 Å². The Labute approximate surface area is 119 Å². The average molecular weight is 273 g/mol. The van der Waals surface area contributed by atoms with Gasteiger partial charge in [0.1, 0.15) is 12.4 Å². The Balaban J connectivity index is 1.80. The molecule has 0 unspecified atom stereocenters. The first-order valence-corrected chi connectivity index (χ1v) is 7.21. The van der Waals surface area contributed by atoms with Crippen LogP contribution in [0.4, 0.5) is 0 Å². The molecule has 0 fully saturated rings. The number of hydrogen-bond acceptors (Lipinski definition) is 1. The summed E-state index contributed by atoms with van der Waals surface area (Å²) in [4.78, 5) is 0. The minimum Gasteiger partial charge on any atom is -0.489 e. The van der Waals surface area contributed by atoms with Crippen molar-refractivity contribution in [1.29, 1.82) is 0 Å². The van der Waals surface area contributed by atoms with E-state index < -0.39 is 0 Å². The third-order valence-electron chi connectivity index (χ3n) is 3.63. The topological polar surface area (TPSA) is 9.23 Å². The highest BCUT2D eigenvalue weighted by Crippen LogP contribution is 2.38. The first-order valence-electron chi connectivity index (χ1n) is 6.77. The Kier molecular flexibility index (Phi) is 3.74. The highest BCUT2D eigenvalue weighted by molar-refractivity contribution is 6.21. The van der Waals surface area contributed by atoms with Crippen molar-refractivity contribution in [2.45, 2.75) is 31.2 Å². The predicted octanol–water partition coefficient (Wildman–Crippen LogP) is 4.88. The van der Waals surface area contributed by atoms with E-state index in [0.29, 0.717) is 6.61 Å². The molecule has 1 nitrogen and oxygen atoms in total. The summed E-state index contributed by atoms with van der Waals surface area (Å²) >= 11 is 6.38. The average Bonchev–Trinajstić information content (AvgIpc) is 2.47. The van der Waals surface area contributed by atoms with Crippen molar-refractivity contribution >= 4 is 11.6 Å². The second-order valence-corrected chi connectivity index (χ2v) is 5.48. The van der Waals surface area contributed by atoms with Crippen LogP contribution in [0.1, 0.15) is 34.9 Å². The maximum atomic E-state index is 6.38. The van der Waals surface area contributed by atoms with Gasteiger partial charge in [-0.15, -0.1) is 11.6 Å². The fraction of sp³-hybridized carbons (Fsp3) is 0.294. The third kappa shape index (κ3) is 2.76. The van der Waals surface area contributed by atoms with E-state index in [1.807, 2.05) is 24.3 Å². The Morgan fingerprint density at radius 2 is 1.89 bits per heavy atom. The molecule has 98 valence electrons. The molecule has 1 atom stereocenters. The molecule has 0 radical (unpaired) electrons. The van der Waals surface area contributed by atoms with Crippen LogP contribution in [0.5, 0.6) is 5.75 Å². The molecule has 2 heteroatoms. The molecule has 0 amide bonds. The SMILES string of the molecule is Cl[C@H]1CCCc2c(OCc3ccccc3)cccc21. The molecule has 2 aromatic carbocycles. The van der Waals surface area contributed by atoms with Crippen molar-refractivity contribution in [2.75, 3.05) is 0 Å². The summed E-state index contributed by atoms with van der Waals surface area (Å²) in [5.41, 5.74) is 3.74. The van der Waals surface area contributed by atoms with E-state index in [-0.39, 0.29) is 5.38 Å². The molecular weight excluding hydrogens is 256 g/mol. The Bertz CT molecular complexity index is 550. The zero-order valence-corrected chi connectivity index (χ0v) is 11.6. The lowest BCUT2D eigenvalue weighted by molar-refractivity contribution is 0.301. The van der Waals surface area contributed by atoms with Gasteiger partial charge in [-0.1, -0.05) is 42.5 Å². The fourth-order valence-corrected chi connectivity index (χ4v) is 2.99. The molecule has 0 aromatic heterocycles. The lowest BCUT2D eigenvalue weighted by atomic mass is 9.90. The standard InChI is InChI=1S/C17H17ClO/c18-16-10-4-9-15-14(16)8-5-11-17(15)19-12-13-6-2-1-3-7-13/h1-3,5-8,11,16H,4,9-10,12H2/t16-/m0/s1. The first kappa shape index (κ1) is 12.6. The molecule has 19 heavy (non-hydrogen) atoms. The van der Waals surface area contributed by atoms with Gasteiger partial charge in [0, 0.05) is 0 Å². The van der Waals surface area contributed by atoms with Crippen molar-refractivity contribution in [3.63, 3.8) is 0 Å². The summed E-state index contributed by atoms with van der Waals surface area (Å²) in [5, 5.41) is 0.143. The normalized spacial score (nSPS) is 17.8. The summed E-state index contributed by atoms with van der Waals surface area (Å²) < 4.78 is 5.98. The van der Waals surface area contributed by atoms with Gasteiger partial charge in [0.2, 0.25) is 0 Å². The summed E-state index contributed by atoms with van der Waals surface area (Å²) in [6.45, 7) is 0.615. The van der Waals surface area contributed by atoms with E-state index in [1.54, 1.807) is 0 Å². The van der Waals surface area contributed by atoms with Gasteiger partial charge in [-0.2, -0.15) is 0 Å². The van der Waals surface area contributed by atoms with E-state index in [0.717, 1.165) is 25.0 Å². The minimum absolute atomic E-state index is 0.143. The van der Waals surface area contributed by atoms with Crippen LogP contribution < -0.4 is 4.74 Å². The Morgan fingerprint density at radius 1 is 1.05 bits per heavy atom. The van der Waals surface area contributed by atoms with Gasteiger partial charge in [-0.05, 0) is 42.0 Å². The zero-order chi connectivity index (χ0) is 13.1. The van der Waals surface area contributed by atoms with Crippen molar-refractivity contribution in [2.24, 2.45) is 0 Å². The molecule has 0 saturated carbocycles. The second kappa shape index (κ2) is 5.66. The predicted molar refractivity (Wildman–Crippen MR) is 78.7 cm³/mol. The second-order valence-electron chi connectivity index (χ2n) is 4.96. The highest BCUT2D eigenvalue weighted by Gasteiger charge is 2.20. The van der Waals surface area contributed by atoms with Gasteiger partial charge < -0.3 is 4.74 Å². The number of rotatable bonds is 3. The first-order chi connectivity index (χ1) is 9.34. The molecule has 0 N–H and O–H groups in total. The molecule has 0 spiro atoms. The van der Waals surface area contributed by atoms with Crippen LogP contribution in [-0.2, 0) is 13.0 Å². The number of fused-ring (bicyclic) bond motifs is 1. The van der Waals surface area contributed by atoms with E-state index in [2.05, 4.69) is 24.3 Å². The zero-order valence-electron chi connectivity index (χ0n) is 10.8. The van der Waals surface area contributed by atoms with Crippen molar-refractivity contribution in [1.82, 2.24) is 0 Å². The van der Waals surface area contributed by atoms with Gasteiger partial charge in [-0.25, -0.2) is 0 Å². The minimum atomic E-state index is 0.143. The van der Waals surface area contributed by atoms with Gasteiger partial charge in [0.05, 0.1) is 5.38 Å². The van der Waals surface area contributed by atoms with Crippen LogP contribution in [0.25, 0.3) is 0 Å². The monoisotopic (exact) mass is 272 g/mol. The molecule has 1 aliphatic rings. The van der Waals surface area contributed by atoms with Gasteiger partial charge in [0.25, 0.3) is 0 Å². The van der Waals surface area contributed by atoms with Gasteiger partial charge in [-0.3, -0.25) is 0 Å². The lowest BCUT2D eigenvalue weighted by Gasteiger charge is -2.23. The Morgan fingerprint density at radius 3 is 2.74 bits per heavy atom. The van der Waals surface area contributed by atoms with Crippen LogP contribution in [-0.4, -0.2) is 0 Å². The molecule has 0 aliphatic heterocycles. The fourth-order valence-electron chi connectivity index (χ4n) is 2.63. The van der Waals surface area contributed by atoms with Crippen LogP contribution in [0.2, 0.25) is 0 Å². The van der Waals surface area contributed by atoms with Crippen LogP contribution >= 0.6 is 11.6 Å². The maximum Gasteiger partial charge on any atom is 0.123 e. The highest BCUT2D eigenvalue weighted by atomic mass is 35.5. The van der Waals surface area contributed by atoms with Gasteiger partial charge >= 0.3 is 0 Å².